The van der Waals surface area contributed by atoms with Gasteiger partial charge < -0.3 is 14.1 Å². The van der Waals surface area contributed by atoms with Crippen LogP contribution in [0.4, 0.5) is 4.39 Å². The van der Waals surface area contributed by atoms with Gasteiger partial charge in [0.15, 0.2) is 5.82 Å². The quantitative estimate of drug-likeness (QED) is 0.734. The number of aromatic nitrogens is 2. The molecule has 0 saturated heterocycles. The predicted octanol–water partition coefficient (Wildman–Crippen LogP) is 2.67. The summed E-state index contributed by atoms with van der Waals surface area (Å²) < 4.78 is 20.3. The summed E-state index contributed by atoms with van der Waals surface area (Å²) in [5.41, 5.74) is 1.53. The lowest BCUT2D eigenvalue weighted by Crippen LogP contribution is -2.11. The number of benzene rings is 1. The number of fused-ring (bicyclic) bond motifs is 3. The van der Waals surface area contributed by atoms with E-state index in [1.807, 2.05) is 0 Å². The van der Waals surface area contributed by atoms with Crippen molar-refractivity contribution in [2.45, 2.75) is 5.88 Å². The molecule has 1 N–H and O–H groups in total. The Morgan fingerprint density at radius 3 is 2.95 bits per heavy atom. The largest absolute Gasteiger partial charge is 0.496 e. The zero-order chi connectivity index (χ0) is 13.6. The Hall–Kier alpha value is -2.01. The Labute approximate surface area is 112 Å². The first kappa shape index (κ1) is 12.0. The fourth-order valence-electron chi connectivity index (χ4n) is 2.22. The molecule has 98 valence electrons. The Bertz CT molecular complexity index is 838. The number of rotatable bonds is 2. The molecule has 0 amide bonds. The van der Waals surface area contributed by atoms with Gasteiger partial charge in [0.25, 0.3) is 5.56 Å². The monoisotopic (exact) mass is 280 g/mol. The lowest BCUT2D eigenvalue weighted by Gasteiger charge is -2.09. The summed E-state index contributed by atoms with van der Waals surface area (Å²) in [6.45, 7) is 0. The van der Waals surface area contributed by atoms with Crippen LogP contribution in [0.15, 0.2) is 29.2 Å². The van der Waals surface area contributed by atoms with Crippen LogP contribution in [0.1, 0.15) is 5.56 Å². The van der Waals surface area contributed by atoms with Crippen molar-refractivity contribution in [3.63, 3.8) is 0 Å². The summed E-state index contributed by atoms with van der Waals surface area (Å²) >= 11 is 5.83. The van der Waals surface area contributed by atoms with Gasteiger partial charge in [-0.25, -0.2) is 4.39 Å². The van der Waals surface area contributed by atoms with E-state index in [2.05, 4.69) is 4.98 Å². The third kappa shape index (κ3) is 1.69. The highest BCUT2D eigenvalue weighted by molar-refractivity contribution is 6.17. The first-order chi connectivity index (χ1) is 9.15. The fourth-order valence-corrected chi connectivity index (χ4v) is 2.43. The highest BCUT2D eigenvalue weighted by Crippen LogP contribution is 2.26. The van der Waals surface area contributed by atoms with Crippen molar-refractivity contribution in [3.8, 4) is 5.75 Å². The van der Waals surface area contributed by atoms with Gasteiger partial charge in [-0.2, -0.15) is 0 Å². The molecule has 0 aliphatic rings. The van der Waals surface area contributed by atoms with E-state index in [0.29, 0.717) is 16.8 Å². The first-order valence-electron chi connectivity index (χ1n) is 5.61. The van der Waals surface area contributed by atoms with Crippen LogP contribution in [0.25, 0.3) is 16.6 Å². The summed E-state index contributed by atoms with van der Waals surface area (Å²) in [4.78, 5) is 14.5. The maximum atomic E-state index is 13.6. The number of ether oxygens (including phenoxy) is 1. The van der Waals surface area contributed by atoms with Crippen LogP contribution in [0.5, 0.6) is 5.75 Å². The number of methoxy groups -OCH3 is 1. The minimum atomic E-state index is -0.552. The van der Waals surface area contributed by atoms with E-state index in [4.69, 9.17) is 16.3 Å². The minimum absolute atomic E-state index is 0.00632. The van der Waals surface area contributed by atoms with Crippen LogP contribution in [-0.4, -0.2) is 16.5 Å². The normalized spacial score (nSPS) is 11.3. The lowest BCUT2D eigenvalue weighted by atomic mass is 10.2. The molecule has 0 atom stereocenters. The van der Waals surface area contributed by atoms with Crippen LogP contribution in [0.2, 0.25) is 0 Å². The summed E-state index contributed by atoms with van der Waals surface area (Å²) in [5.74, 6) is 0.313. The van der Waals surface area contributed by atoms with Crippen LogP contribution < -0.4 is 10.3 Å². The maximum Gasteiger partial charge on any atom is 0.275 e. The molecule has 0 unspecified atom stereocenters. The number of nitrogens with zero attached hydrogens (tertiary/aromatic N) is 1. The molecule has 0 aliphatic carbocycles. The number of nitrogens with one attached hydrogen (secondary N) is 1. The van der Waals surface area contributed by atoms with Gasteiger partial charge in [-0.05, 0) is 12.1 Å². The molecule has 6 heteroatoms. The second-order valence-electron chi connectivity index (χ2n) is 4.15. The molecule has 19 heavy (non-hydrogen) atoms. The number of aromatic amines is 1. The van der Waals surface area contributed by atoms with Crippen LogP contribution in [0, 0.1) is 5.82 Å². The average Bonchev–Trinajstić information content (AvgIpc) is 2.80. The van der Waals surface area contributed by atoms with E-state index in [1.54, 1.807) is 12.1 Å². The molecule has 2 aromatic heterocycles. The molecule has 0 spiro atoms. The second-order valence-corrected chi connectivity index (χ2v) is 4.42. The Balaban J connectivity index is 2.51. The smallest absolute Gasteiger partial charge is 0.275 e. The zero-order valence-corrected chi connectivity index (χ0v) is 10.8. The van der Waals surface area contributed by atoms with Gasteiger partial charge in [-0.3, -0.25) is 4.79 Å². The van der Waals surface area contributed by atoms with Gasteiger partial charge in [0, 0.05) is 17.8 Å². The van der Waals surface area contributed by atoms with Crippen molar-refractivity contribution < 1.29 is 9.13 Å². The van der Waals surface area contributed by atoms with Gasteiger partial charge in [-0.15, -0.1) is 11.6 Å². The Kier molecular flexibility index (Phi) is 2.71. The first-order valence-corrected chi connectivity index (χ1v) is 6.14. The van der Waals surface area contributed by atoms with E-state index >= 15 is 0 Å². The summed E-state index contributed by atoms with van der Waals surface area (Å²) in [7, 11) is 1.54. The van der Waals surface area contributed by atoms with Crippen LogP contribution in [-0.2, 0) is 5.88 Å². The number of alkyl halides is 1. The molecule has 4 nitrogen and oxygen atoms in total. The van der Waals surface area contributed by atoms with Crippen molar-refractivity contribution in [1.29, 1.82) is 0 Å². The van der Waals surface area contributed by atoms with Crippen LogP contribution in [0.3, 0.4) is 0 Å². The molecule has 0 fully saturated rings. The highest BCUT2D eigenvalue weighted by Gasteiger charge is 2.12. The van der Waals surface area contributed by atoms with Crippen molar-refractivity contribution in [3.05, 3.63) is 46.1 Å². The molecule has 0 aliphatic heterocycles. The molecule has 2 heterocycles. The second kappa shape index (κ2) is 4.28. The fraction of sp³-hybridized carbons (Fsp3) is 0.154. The predicted molar refractivity (Wildman–Crippen MR) is 71.6 cm³/mol. The number of H-pyrrole nitrogens is 1. The molecule has 0 bridgehead atoms. The highest BCUT2D eigenvalue weighted by atomic mass is 35.5. The SMILES string of the molecule is COc1cc2c(cc1CCl)[nH]c(=O)c1c(F)ccn12. The van der Waals surface area contributed by atoms with E-state index < -0.39 is 11.4 Å². The lowest BCUT2D eigenvalue weighted by molar-refractivity contribution is 0.412. The van der Waals surface area contributed by atoms with E-state index in [1.165, 1.54) is 23.8 Å². The molecule has 1 aromatic carbocycles. The molecule has 0 radical (unpaired) electrons. The summed E-state index contributed by atoms with van der Waals surface area (Å²) in [5, 5.41) is 0. The van der Waals surface area contributed by atoms with Crippen molar-refractivity contribution >= 4 is 28.2 Å². The van der Waals surface area contributed by atoms with Gasteiger partial charge in [0.05, 0.1) is 24.0 Å². The van der Waals surface area contributed by atoms with Crippen molar-refractivity contribution in [1.82, 2.24) is 9.38 Å². The van der Waals surface area contributed by atoms with Gasteiger partial charge in [0.2, 0.25) is 0 Å². The number of hydrogen-bond acceptors (Lipinski definition) is 2. The molecular weight excluding hydrogens is 271 g/mol. The molecule has 3 rings (SSSR count). The Morgan fingerprint density at radius 2 is 2.26 bits per heavy atom. The van der Waals surface area contributed by atoms with E-state index in [9.17, 15) is 9.18 Å². The zero-order valence-electron chi connectivity index (χ0n) is 10.0. The number of halogens is 2. The van der Waals surface area contributed by atoms with Crippen LogP contribution >= 0.6 is 11.6 Å². The van der Waals surface area contributed by atoms with Gasteiger partial charge >= 0.3 is 0 Å². The van der Waals surface area contributed by atoms with E-state index in [-0.39, 0.29) is 11.4 Å². The molecule has 3 aromatic rings. The third-order valence-electron chi connectivity index (χ3n) is 3.10. The van der Waals surface area contributed by atoms with Crippen molar-refractivity contribution in [2.24, 2.45) is 0 Å². The standard InChI is InChI=1S/C13H10ClFN2O2/c1-19-11-5-10-9(4-7(11)6-14)16-13(18)12-8(15)2-3-17(10)12/h2-5H,6H2,1H3,(H,16,18). The Morgan fingerprint density at radius 1 is 1.47 bits per heavy atom. The third-order valence-corrected chi connectivity index (χ3v) is 3.39. The molecular formula is C13H10ClFN2O2. The average molecular weight is 281 g/mol. The van der Waals surface area contributed by atoms with Gasteiger partial charge in [0.1, 0.15) is 11.3 Å². The summed E-state index contributed by atoms with van der Waals surface area (Å²) in [6, 6.07) is 4.72. The summed E-state index contributed by atoms with van der Waals surface area (Å²) in [6.07, 6.45) is 1.52. The minimum Gasteiger partial charge on any atom is -0.496 e. The van der Waals surface area contributed by atoms with Crippen molar-refractivity contribution in [2.75, 3.05) is 7.11 Å². The number of hydrogen-bond donors (Lipinski definition) is 1. The van der Waals surface area contributed by atoms with E-state index in [0.717, 1.165) is 5.56 Å². The topological polar surface area (TPSA) is 46.5 Å². The maximum absolute atomic E-state index is 13.6. The molecule has 0 saturated carbocycles. The van der Waals surface area contributed by atoms with Gasteiger partial charge in [-0.1, -0.05) is 0 Å².